The number of hydrogen-bond donors (Lipinski definition) is 0. The van der Waals surface area contributed by atoms with Gasteiger partial charge in [-0.05, 0) is 122 Å². The highest BCUT2D eigenvalue weighted by molar-refractivity contribution is 8.04. The van der Waals surface area contributed by atoms with Gasteiger partial charge >= 0.3 is 0 Å². The largest absolute Gasteiger partial charge is 0.310 e. The monoisotopic (exact) mass is 713 g/mol. The van der Waals surface area contributed by atoms with Crippen LogP contribution in [-0.4, -0.2) is 15.1 Å². The first-order valence-corrected chi connectivity index (χ1v) is 21.7. The Labute approximate surface area is 318 Å². The average Bonchev–Trinajstić information content (AvgIpc) is 3.55. The van der Waals surface area contributed by atoms with Crippen molar-refractivity contribution < 1.29 is 0 Å². The minimum atomic E-state index is 0.0237. The molecule has 1 nitrogen and oxygen atoms in total. The maximum atomic E-state index is 2.71. The van der Waals surface area contributed by atoms with Crippen LogP contribution in [0.2, 0.25) is 0 Å². The summed E-state index contributed by atoms with van der Waals surface area (Å²) < 4.78 is 2.54. The lowest BCUT2D eigenvalue weighted by Gasteiger charge is -2.61. The van der Waals surface area contributed by atoms with Crippen LogP contribution in [-0.2, 0) is 12.8 Å². The summed E-state index contributed by atoms with van der Waals surface area (Å²) in [5.41, 5.74) is 12.4. The molecule has 1 aromatic carbocycles. The van der Waals surface area contributed by atoms with Gasteiger partial charge in [0.2, 0.25) is 0 Å². The van der Waals surface area contributed by atoms with E-state index in [9.17, 15) is 0 Å². The zero-order valence-corrected chi connectivity index (χ0v) is 31.5. The topological polar surface area (TPSA) is 4.93 Å². The fourth-order valence-electron chi connectivity index (χ4n) is 11.5. The molecule has 1 saturated heterocycles. The number of thioether (sulfide) groups is 2. The molecule has 9 aliphatic rings. The van der Waals surface area contributed by atoms with Crippen LogP contribution in [0.15, 0.2) is 148 Å². The minimum Gasteiger partial charge on any atom is -0.310 e. The summed E-state index contributed by atoms with van der Waals surface area (Å²) in [5, 5.41) is 0.990. The molecule has 52 heavy (non-hydrogen) atoms. The van der Waals surface area contributed by atoms with Crippen molar-refractivity contribution in [3.63, 3.8) is 0 Å². The third-order valence-corrected chi connectivity index (χ3v) is 16.5. The zero-order valence-electron chi connectivity index (χ0n) is 29.9. The summed E-state index contributed by atoms with van der Waals surface area (Å²) in [5.74, 6) is 2.61. The summed E-state index contributed by atoms with van der Waals surface area (Å²) in [4.78, 5) is 3.17. The van der Waals surface area contributed by atoms with E-state index in [4.69, 9.17) is 0 Å². The number of nitrogens with zero attached hydrogens (tertiary/aromatic N) is 1. The van der Waals surface area contributed by atoms with E-state index in [0.29, 0.717) is 40.1 Å². The van der Waals surface area contributed by atoms with Gasteiger partial charge in [0.15, 0.2) is 0 Å². The summed E-state index contributed by atoms with van der Waals surface area (Å²) in [6, 6.07) is 11.0. The van der Waals surface area contributed by atoms with Crippen molar-refractivity contribution in [2.75, 3.05) is 0 Å². The standard InChI is InChI=1S/C49H47NS2/c1-3-13-32(14-4-1)34-24-27-47-41(30-34)49(39-18-8-11-21-45(39)51-46-22-12-9-19-40(46)49)42-31-35(25-28-48(42)52-47)33-23-26-44-38(29-33)37-17-7-10-20-43(37)50(44)36-15-5-2-6-16-36/h1-3,5-6,8,10-11,13,15-16,18-28,33-35,39,42,45,48H,4,7,9,12,14,17,29-31H2. The summed E-state index contributed by atoms with van der Waals surface area (Å²) in [6.45, 7) is 0. The Hall–Kier alpha value is -3.66. The molecule has 0 saturated carbocycles. The predicted molar refractivity (Wildman–Crippen MR) is 223 cm³/mol. The smallest absolute Gasteiger partial charge is 0.0494 e. The van der Waals surface area contributed by atoms with Gasteiger partial charge in [-0.25, -0.2) is 0 Å². The van der Waals surface area contributed by atoms with Crippen molar-refractivity contribution in [2.45, 2.75) is 68.3 Å². The fourth-order valence-corrected chi connectivity index (χ4v) is 14.6. The number of para-hydroxylation sites is 1. The maximum Gasteiger partial charge on any atom is 0.0494 e. The number of aromatic nitrogens is 1. The van der Waals surface area contributed by atoms with Gasteiger partial charge in [-0.2, -0.15) is 0 Å². The van der Waals surface area contributed by atoms with Gasteiger partial charge in [0.05, 0.1) is 0 Å². The fraction of sp³-hybridized carbons (Fsp3) is 0.347. The zero-order chi connectivity index (χ0) is 34.2. The van der Waals surface area contributed by atoms with Gasteiger partial charge in [0.25, 0.3) is 0 Å². The van der Waals surface area contributed by atoms with Crippen LogP contribution in [0.25, 0.3) is 17.8 Å². The average molecular weight is 714 g/mol. The van der Waals surface area contributed by atoms with Gasteiger partial charge in [0.1, 0.15) is 0 Å². The van der Waals surface area contributed by atoms with Crippen LogP contribution < -0.4 is 0 Å². The van der Waals surface area contributed by atoms with E-state index in [-0.39, 0.29) is 5.41 Å². The molecule has 260 valence electrons. The molecule has 2 aliphatic heterocycles. The first-order valence-electron chi connectivity index (χ1n) is 20.0. The molecule has 8 unspecified atom stereocenters. The van der Waals surface area contributed by atoms with Crippen LogP contribution in [0, 0.1) is 35.0 Å². The molecule has 0 amide bonds. The second-order valence-electron chi connectivity index (χ2n) is 16.3. The number of rotatable bonds is 3. The van der Waals surface area contributed by atoms with E-state index in [1.54, 1.807) is 37.7 Å². The summed E-state index contributed by atoms with van der Waals surface area (Å²) in [6.07, 6.45) is 53.3. The lowest BCUT2D eigenvalue weighted by atomic mass is 9.50. The molecule has 11 rings (SSSR count). The minimum absolute atomic E-state index is 0.0237. The van der Waals surface area contributed by atoms with E-state index >= 15 is 0 Å². The maximum absolute atomic E-state index is 2.71. The molecule has 1 aromatic heterocycles. The second kappa shape index (κ2) is 12.7. The Morgan fingerprint density at radius 2 is 1.56 bits per heavy atom. The third kappa shape index (κ3) is 4.84. The van der Waals surface area contributed by atoms with Crippen molar-refractivity contribution in [1.82, 2.24) is 4.57 Å². The van der Waals surface area contributed by atoms with E-state index in [2.05, 4.69) is 162 Å². The van der Waals surface area contributed by atoms with Gasteiger partial charge < -0.3 is 4.57 Å². The van der Waals surface area contributed by atoms with E-state index in [1.807, 2.05) is 0 Å². The molecule has 0 N–H and O–H groups in total. The molecular formula is C49H47NS2. The van der Waals surface area contributed by atoms with E-state index in [1.165, 1.54) is 55.6 Å². The Bertz CT molecular complexity index is 2170. The highest BCUT2D eigenvalue weighted by atomic mass is 32.2. The van der Waals surface area contributed by atoms with Crippen molar-refractivity contribution in [3.05, 3.63) is 171 Å². The van der Waals surface area contributed by atoms with E-state index < -0.39 is 0 Å². The Balaban J connectivity index is 1.01. The Kier molecular flexibility index (Phi) is 7.80. The molecule has 0 radical (unpaired) electrons. The summed E-state index contributed by atoms with van der Waals surface area (Å²) >= 11 is 4.36. The number of fused-ring (bicyclic) bond motifs is 10. The predicted octanol–water partition coefficient (Wildman–Crippen LogP) is 12.5. The molecule has 3 heterocycles. The Morgan fingerprint density at radius 1 is 0.673 bits per heavy atom. The molecule has 0 bridgehead atoms. The number of hydrogen-bond acceptors (Lipinski definition) is 2. The molecule has 2 aromatic rings. The van der Waals surface area contributed by atoms with Crippen LogP contribution in [0.5, 0.6) is 0 Å². The third-order valence-electron chi connectivity index (χ3n) is 13.8. The Morgan fingerprint density at radius 3 is 2.48 bits per heavy atom. The SMILES string of the molecule is C1=CCCC(C2C=CC3=C(C2)C2(C4=CCCC=C4SC4C=CC=CC42)C2CC(C4C=Cc5c(c6c(n5-c5ccccc5)C=CCC6)C4)C=CC2S3)=C1. The lowest BCUT2D eigenvalue weighted by Crippen LogP contribution is -2.54. The van der Waals surface area contributed by atoms with Gasteiger partial charge in [0, 0.05) is 54.6 Å². The first-order chi connectivity index (χ1) is 25.8. The van der Waals surface area contributed by atoms with Crippen molar-refractivity contribution in [3.8, 4) is 5.69 Å². The quantitative estimate of drug-likeness (QED) is 0.292. The van der Waals surface area contributed by atoms with Gasteiger partial charge in [-0.1, -0.05) is 115 Å². The van der Waals surface area contributed by atoms with Crippen LogP contribution >= 0.6 is 23.5 Å². The highest BCUT2D eigenvalue weighted by Gasteiger charge is 2.61. The molecule has 3 heteroatoms. The molecule has 1 fully saturated rings. The highest BCUT2D eigenvalue weighted by Crippen LogP contribution is 2.70. The first kappa shape index (κ1) is 31.8. The molecule has 7 aliphatic carbocycles. The normalized spacial score (nSPS) is 34.8. The number of benzene rings is 1. The summed E-state index contributed by atoms with van der Waals surface area (Å²) in [7, 11) is 0. The van der Waals surface area contributed by atoms with Gasteiger partial charge in [-0.15, -0.1) is 23.5 Å². The van der Waals surface area contributed by atoms with Crippen molar-refractivity contribution in [2.24, 2.45) is 35.0 Å². The van der Waals surface area contributed by atoms with Crippen LogP contribution in [0.3, 0.4) is 0 Å². The van der Waals surface area contributed by atoms with Gasteiger partial charge in [-0.3, -0.25) is 0 Å². The van der Waals surface area contributed by atoms with E-state index in [0.717, 1.165) is 19.3 Å². The van der Waals surface area contributed by atoms with Crippen LogP contribution in [0.4, 0.5) is 0 Å². The van der Waals surface area contributed by atoms with Crippen LogP contribution in [0.1, 0.15) is 67.5 Å². The molecule has 1 spiro atoms. The molecular weight excluding hydrogens is 667 g/mol. The second-order valence-corrected chi connectivity index (χ2v) is 18.7. The lowest BCUT2D eigenvalue weighted by molar-refractivity contribution is 0.148. The molecule has 8 atom stereocenters. The van der Waals surface area contributed by atoms with Crippen molar-refractivity contribution in [1.29, 1.82) is 0 Å². The number of allylic oxidation sites excluding steroid dienone is 16. The van der Waals surface area contributed by atoms with Crippen molar-refractivity contribution >= 4 is 35.7 Å².